The monoisotopic (exact) mass is 593 g/mol. The third-order valence-corrected chi connectivity index (χ3v) is 22.3. The molecule has 0 unspecified atom stereocenters. The van der Waals surface area contributed by atoms with E-state index >= 15 is 0 Å². The van der Waals surface area contributed by atoms with Crippen LogP contribution in [0.3, 0.4) is 0 Å². The summed E-state index contributed by atoms with van der Waals surface area (Å²) in [5.74, 6) is 0. The minimum atomic E-state index is -1.96. The zero-order valence-corrected chi connectivity index (χ0v) is 27.3. The second kappa shape index (κ2) is 18.7. The molecule has 4 nitrogen and oxygen atoms in total. The van der Waals surface area contributed by atoms with Crippen molar-refractivity contribution in [1.82, 2.24) is 0 Å². The molecule has 0 aromatic rings. The number of hydrogen-bond acceptors (Lipinski definition) is 4. The van der Waals surface area contributed by atoms with Crippen LogP contribution in [0, 0.1) is 0 Å². The molecule has 1 radical (unpaired) electrons. The molecule has 3 atom stereocenters. The predicted octanol–water partition coefficient (Wildman–Crippen LogP) is 7.69. The van der Waals surface area contributed by atoms with Crippen molar-refractivity contribution in [3.8, 4) is 0 Å². The summed E-state index contributed by atoms with van der Waals surface area (Å²) in [5, 5.41) is 19.6. The van der Waals surface area contributed by atoms with Gasteiger partial charge in [0.25, 0.3) is 0 Å². The first-order chi connectivity index (χ1) is 15.6. The van der Waals surface area contributed by atoms with Gasteiger partial charge in [0.1, 0.15) is 18.3 Å². The van der Waals surface area contributed by atoms with Crippen LogP contribution in [0.2, 0.25) is 29.9 Å². The zero-order valence-electron chi connectivity index (χ0n) is 23.4. The van der Waals surface area contributed by atoms with E-state index in [0.717, 1.165) is 0 Å². The molecule has 0 aliphatic carbocycles. The van der Waals surface area contributed by atoms with Crippen LogP contribution in [-0.4, -0.2) is 63.2 Å². The molecule has 0 bridgehead atoms. The zero-order chi connectivity index (χ0) is 25.4. The quantitative estimate of drug-likeness (QED) is 0.192. The fraction of sp³-hybridized carbons (Fsp3) is 0.926. The summed E-state index contributed by atoms with van der Waals surface area (Å²) in [6.45, 7) is 20.7. The second-order valence-electron chi connectivity index (χ2n) is 10.7. The normalized spacial score (nSPS) is 21.0. The number of aliphatic hydroxyl groups is 2. The molecule has 1 rings (SSSR count). The second-order valence-corrected chi connectivity index (χ2v) is 24.7. The standard InChI is InChI=1S/C15H30O4Si.3C4H9.Sn/c1-10(2)20(11(3)4,12(5)6)19-9-14-15(17)13(16)7-8-18-14;3*1-3-4-2;/h7-8,10-17H,9H2,1-6H3;3*1,3-4H2,2H3;/t13-,14-,15-;;;;/m1..../s1. The Balaban J connectivity index is 0.000000684. The van der Waals surface area contributed by atoms with E-state index in [1.54, 1.807) is 13.3 Å². The third kappa shape index (κ3) is 11.8. The molecule has 2 N–H and O–H groups in total. The molecule has 1 aliphatic heterocycles. The first-order valence-electron chi connectivity index (χ1n) is 13.7. The van der Waals surface area contributed by atoms with E-state index in [-0.39, 0.29) is 0 Å². The topological polar surface area (TPSA) is 58.9 Å². The summed E-state index contributed by atoms with van der Waals surface area (Å²) in [5.41, 5.74) is 1.47. The van der Waals surface area contributed by atoms with Gasteiger partial charge >= 0.3 is 92.4 Å². The predicted molar refractivity (Wildman–Crippen MR) is 148 cm³/mol. The van der Waals surface area contributed by atoms with Gasteiger partial charge < -0.3 is 19.4 Å². The molecule has 0 spiro atoms. The Morgan fingerprint density at radius 1 is 0.818 bits per heavy atom. The van der Waals surface area contributed by atoms with Crippen molar-refractivity contribution in [2.75, 3.05) is 6.61 Å². The molecular weight excluding hydrogens is 535 g/mol. The molecule has 0 fully saturated rings. The van der Waals surface area contributed by atoms with Gasteiger partial charge in [0.15, 0.2) is 0 Å². The van der Waals surface area contributed by atoms with Gasteiger partial charge in [-0.3, -0.25) is 0 Å². The Labute approximate surface area is 214 Å². The number of unbranched alkanes of at least 4 members (excludes halogenated alkanes) is 3. The Morgan fingerprint density at radius 2 is 1.24 bits per heavy atom. The average Bonchev–Trinajstić information content (AvgIpc) is 2.76. The van der Waals surface area contributed by atoms with Gasteiger partial charge in [0.2, 0.25) is 8.32 Å². The van der Waals surface area contributed by atoms with Crippen molar-refractivity contribution in [1.29, 1.82) is 0 Å². The maximum absolute atomic E-state index is 9.96. The van der Waals surface area contributed by atoms with Crippen molar-refractivity contribution >= 4 is 28.1 Å². The van der Waals surface area contributed by atoms with E-state index in [0.29, 0.717) is 23.2 Å². The first kappa shape index (κ1) is 33.4. The van der Waals surface area contributed by atoms with Crippen molar-refractivity contribution in [2.24, 2.45) is 0 Å². The van der Waals surface area contributed by atoms with Gasteiger partial charge in [-0.15, -0.1) is 0 Å². The molecule has 197 valence electrons. The summed E-state index contributed by atoms with van der Waals surface area (Å²) >= 11 is -0.839. The summed E-state index contributed by atoms with van der Waals surface area (Å²) < 4.78 is 16.8. The Hall–Kier alpha value is 0.436. The van der Waals surface area contributed by atoms with Gasteiger partial charge in [-0.25, -0.2) is 0 Å². The first-order valence-corrected chi connectivity index (χ1v) is 21.9. The van der Waals surface area contributed by atoms with Gasteiger partial charge in [-0.1, -0.05) is 41.5 Å². The maximum atomic E-state index is 9.96. The van der Waals surface area contributed by atoms with E-state index in [1.807, 2.05) is 0 Å². The number of aliphatic hydroxyl groups excluding tert-OH is 2. The average molecular weight is 593 g/mol. The van der Waals surface area contributed by atoms with E-state index in [1.165, 1.54) is 50.9 Å². The summed E-state index contributed by atoms with van der Waals surface area (Å²) in [4.78, 5) is 0. The number of rotatable bonds is 15. The molecule has 0 amide bonds. The van der Waals surface area contributed by atoms with Crippen LogP contribution in [-0.2, 0) is 9.16 Å². The van der Waals surface area contributed by atoms with Crippen LogP contribution >= 0.6 is 0 Å². The van der Waals surface area contributed by atoms with E-state index in [2.05, 4.69) is 62.3 Å². The van der Waals surface area contributed by atoms with E-state index < -0.39 is 46.4 Å². The minimum absolute atomic E-state index is 0.337. The molecule has 1 heterocycles. The molecule has 0 saturated carbocycles. The molecular formula is C27H57O4SiSn. The number of hydrogen-bond donors (Lipinski definition) is 2. The van der Waals surface area contributed by atoms with Crippen molar-refractivity contribution in [3.05, 3.63) is 12.3 Å². The fourth-order valence-electron chi connectivity index (χ4n) is 5.16. The van der Waals surface area contributed by atoms with Crippen LogP contribution in [0.25, 0.3) is 0 Å². The molecule has 0 saturated heterocycles. The fourth-order valence-corrected chi connectivity index (χ4v) is 20.1. The molecule has 0 aromatic heterocycles. The summed E-state index contributed by atoms with van der Waals surface area (Å²) in [6, 6.07) is 0. The van der Waals surface area contributed by atoms with Gasteiger partial charge in [-0.2, -0.15) is 0 Å². The molecule has 6 heteroatoms. The van der Waals surface area contributed by atoms with Crippen molar-refractivity contribution < 1.29 is 19.4 Å². The van der Waals surface area contributed by atoms with Crippen LogP contribution < -0.4 is 0 Å². The van der Waals surface area contributed by atoms with Crippen molar-refractivity contribution in [3.63, 3.8) is 0 Å². The van der Waals surface area contributed by atoms with Crippen LogP contribution in [0.4, 0.5) is 0 Å². The van der Waals surface area contributed by atoms with Gasteiger partial charge in [0.05, 0.1) is 12.9 Å². The van der Waals surface area contributed by atoms with Crippen LogP contribution in [0.15, 0.2) is 12.3 Å². The SMILES string of the molecule is CC(C)[Si](OC[C@H]1OC=C[C@@H](O)[C@H]1O)(C(C)C)C(C)C.CCC[CH2][Sn]([CH2]CCC)[CH2]CCC. The third-order valence-electron chi connectivity index (χ3n) is 7.12. The van der Waals surface area contributed by atoms with E-state index in [4.69, 9.17) is 9.16 Å². The molecule has 1 aliphatic rings. The Bertz CT molecular complexity index is 458. The Morgan fingerprint density at radius 3 is 1.61 bits per heavy atom. The summed E-state index contributed by atoms with van der Waals surface area (Å²) in [7, 11) is -1.96. The van der Waals surface area contributed by atoms with Crippen LogP contribution in [0.5, 0.6) is 0 Å². The van der Waals surface area contributed by atoms with Crippen molar-refractivity contribution in [2.45, 2.75) is 149 Å². The molecule has 0 aromatic carbocycles. The molecule has 33 heavy (non-hydrogen) atoms. The number of ether oxygens (including phenoxy) is 1. The summed E-state index contributed by atoms with van der Waals surface area (Å²) in [6.07, 6.45) is 9.48. The van der Waals surface area contributed by atoms with Gasteiger partial charge in [-0.05, 0) is 22.7 Å². The van der Waals surface area contributed by atoms with E-state index in [9.17, 15) is 10.2 Å². The van der Waals surface area contributed by atoms with Gasteiger partial charge in [0, 0.05) is 0 Å². The Kier molecular flexibility index (Phi) is 18.9. The van der Waals surface area contributed by atoms with Crippen LogP contribution in [0.1, 0.15) is 101 Å².